The molecule has 0 aliphatic carbocycles. The average Bonchev–Trinajstić information content (AvgIpc) is 3.15. The maximum absolute atomic E-state index is 5.75. The highest BCUT2D eigenvalue weighted by Crippen LogP contribution is 2.31. The zero-order valence-corrected chi connectivity index (χ0v) is 17.6. The lowest BCUT2D eigenvalue weighted by Gasteiger charge is -2.28. The Morgan fingerprint density at radius 3 is 2.92 bits per heavy atom. The van der Waals surface area contributed by atoms with Crippen LogP contribution < -0.4 is 15.4 Å². The number of hydrogen-bond donors (Lipinski definition) is 2. The van der Waals surface area contributed by atoms with Crippen LogP contribution in [-0.2, 0) is 6.42 Å². The second-order valence-electron chi connectivity index (χ2n) is 6.21. The Balaban J connectivity index is 0.00000243. The lowest BCUT2D eigenvalue weighted by atomic mass is 10.0. The molecule has 0 fully saturated rings. The van der Waals surface area contributed by atoms with Gasteiger partial charge in [-0.2, -0.15) is 0 Å². The second-order valence-corrected chi connectivity index (χ2v) is 6.21. The number of aliphatic imine (C=N–C) groups is 1. The highest BCUT2D eigenvalue weighted by atomic mass is 127. The minimum atomic E-state index is 0. The third kappa shape index (κ3) is 5.93. The van der Waals surface area contributed by atoms with Gasteiger partial charge < -0.3 is 19.8 Å². The summed E-state index contributed by atoms with van der Waals surface area (Å²) < 4.78 is 11.1. The molecule has 1 aliphatic rings. The molecule has 6 heteroatoms. The van der Waals surface area contributed by atoms with Crippen molar-refractivity contribution >= 4 is 29.9 Å². The predicted molar refractivity (Wildman–Crippen MR) is 115 cm³/mol. The normalized spacial score (nSPS) is 16.2. The molecule has 1 atom stereocenters. The van der Waals surface area contributed by atoms with Crippen LogP contribution in [0.15, 0.2) is 52.1 Å². The van der Waals surface area contributed by atoms with Gasteiger partial charge in [-0.1, -0.05) is 31.5 Å². The summed E-state index contributed by atoms with van der Waals surface area (Å²) in [6.07, 6.45) is 5.72. The lowest BCUT2D eigenvalue weighted by molar-refractivity contribution is 0.261. The van der Waals surface area contributed by atoms with Crippen molar-refractivity contribution in [1.82, 2.24) is 10.6 Å². The number of nitrogens with zero attached hydrogens (tertiary/aromatic N) is 1. The highest BCUT2D eigenvalue weighted by molar-refractivity contribution is 14.0. The van der Waals surface area contributed by atoms with E-state index in [1.54, 1.807) is 6.26 Å². The number of furan rings is 1. The molecule has 0 saturated carbocycles. The lowest BCUT2D eigenvalue weighted by Crippen LogP contribution is -2.42. The topological polar surface area (TPSA) is 58.8 Å². The number of benzene rings is 1. The van der Waals surface area contributed by atoms with E-state index in [0.717, 1.165) is 62.8 Å². The van der Waals surface area contributed by atoms with E-state index in [1.807, 2.05) is 24.3 Å². The molecule has 1 aromatic carbocycles. The molecular weight excluding hydrogens is 441 g/mol. The number of rotatable bonds is 7. The average molecular weight is 469 g/mol. The molecule has 1 aliphatic heterocycles. The molecule has 0 bridgehead atoms. The molecule has 0 radical (unpaired) electrons. The number of halogens is 1. The standard InChI is InChI=1S/C20H27N3O2.HI/c1-2-3-12-21-20(22-13-10-16-7-6-14-24-16)23-18-11-15-25-19-9-5-4-8-17(18)19;/h4-9,14,18H,2-3,10-13,15H2,1H3,(H2,21,22,23);1H. The van der Waals surface area contributed by atoms with Gasteiger partial charge in [0.2, 0.25) is 0 Å². The van der Waals surface area contributed by atoms with Gasteiger partial charge in [-0.15, -0.1) is 24.0 Å². The van der Waals surface area contributed by atoms with Gasteiger partial charge in [-0.25, -0.2) is 0 Å². The van der Waals surface area contributed by atoms with Gasteiger partial charge in [-0.05, 0) is 24.6 Å². The van der Waals surface area contributed by atoms with Gasteiger partial charge >= 0.3 is 0 Å². The van der Waals surface area contributed by atoms with Crippen LogP contribution in [0.3, 0.4) is 0 Å². The number of para-hydroxylation sites is 1. The quantitative estimate of drug-likeness (QED) is 0.275. The van der Waals surface area contributed by atoms with Crippen molar-refractivity contribution in [3.63, 3.8) is 0 Å². The third-order valence-corrected chi connectivity index (χ3v) is 4.29. The number of guanidine groups is 1. The van der Waals surface area contributed by atoms with Crippen molar-refractivity contribution < 1.29 is 9.15 Å². The molecule has 2 heterocycles. The van der Waals surface area contributed by atoms with Gasteiger partial charge in [0.05, 0.1) is 18.9 Å². The minimum Gasteiger partial charge on any atom is -0.493 e. The molecule has 26 heavy (non-hydrogen) atoms. The van der Waals surface area contributed by atoms with E-state index in [0.29, 0.717) is 0 Å². The Kier molecular flexibility index (Phi) is 8.80. The number of fused-ring (bicyclic) bond motifs is 1. The Morgan fingerprint density at radius 1 is 1.23 bits per heavy atom. The minimum absolute atomic E-state index is 0. The Labute approximate surface area is 172 Å². The van der Waals surface area contributed by atoms with Crippen molar-refractivity contribution in [2.24, 2.45) is 4.99 Å². The maximum atomic E-state index is 5.75. The number of ether oxygens (including phenoxy) is 1. The van der Waals surface area contributed by atoms with E-state index >= 15 is 0 Å². The van der Waals surface area contributed by atoms with Gasteiger partial charge in [0.15, 0.2) is 5.96 Å². The molecule has 5 nitrogen and oxygen atoms in total. The largest absolute Gasteiger partial charge is 0.493 e. The van der Waals surface area contributed by atoms with Gasteiger partial charge in [0.25, 0.3) is 0 Å². The summed E-state index contributed by atoms with van der Waals surface area (Å²) in [6, 6.07) is 12.4. The molecule has 3 rings (SSSR count). The van der Waals surface area contributed by atoms with Crippen LogP contribution in [0.1, 0.15) is 43.6 Å². The monoisotopic (exact) mass is 469 g/mol. The van der Waals surface area contributed by atoms with E-state index in [4.69, 9.17) is 14.1 Å². The third-order valence-electron chi connectivity index (χ3n) is 4.29. The molecule has 0 saturated heterocycles. The molecule has 0 amide bonds. The van der Waals surface area contributed by atoms with Crippen LogP contribution in [-0.4, -0.2) is 25.7 Å². The summed E-state index contributed by atoms with van der Waals surface area (Å²) in [6.45, 7) is 4.53. The van der Waals surface area contributed by atoms with E-state index in [2.05, 4.69) is 29.7 Å². The number of nitrogens with one attached hydrogen (secondary N) is 2. The first kappa shape index (κ1) is 20.6. The van der Waals surface area contributed by atoms with Crippen molar-refractivity contribution in [2.45, 2.75) is 38.6 Å². The molecule has 142 valence electrons. The van der Waals surface area contributed by atoms with Gasteiger partial charge in [0.1, 0.15) is 11.5 Å². The van der Waals surface area contributed by atoms with E-state index < -0.39 is 0 Å². The SMILES string of the molecule is CCCCN=C(NCCc1ccco1)NC1CCOc2ccccc21.I. The van der Waals surface area contributed by atoms with Crippen LogP contribution in [0.5, 0.6) is 5.75 Å². The first-order valence-corrected chi connectivity index (χ1v) is 9.15. The smallest absolute Gasteiger partial charge is 0.191 e. The molecule has 2 N–H and O–H groups in total. The number of unbranched alkanes of at least 4 members (excludes halogenated alkanes) is 1. The summed E-state index contributed by atoms with van der Waals surface area (Å²) in [7, 11) is 0. The summed E-state index contributed by atoms with van der Waals surface area (Å²) in [4.78, 5) is 4.72. The molecular formula is C20H28IN3O2. The van der Waals surface area contributed by atoms with Gasteiger partial charge in [-0.3, -0.25) is 4.99 Å². The Morgan fingerprint density at radius 2 is 2.12 bits per heavy atom. The van der Waals surface area contributed by atoms with Gasteiger partial charge in [0, 0.05) is 31.5 Å². The molecule has 1 aromatic heterocycles. The van der Waals surface area contributed by atoms with Crippen LogP contribution in [0, 0.1) is 0 Å². The maximum Gasteiger partial charge on any atom is 0.191 e. The van der Waals surface area contributed by atoms with Crippen molar-refractivity contribution in [2.75, 3.05) is 19.7 Å². The highest BCUT2D eigenvalue weighted by Gasteiger charge is 2.21. The fourth-order valence-corrected chi connectivity index (χ4v) is 2.92. The zero-order chi connectivity index (χ0) is 17.3. The van der Waals surface area contributed by atoms with E-state index in [9.17, 15) is 0 Å². The first-order chi connectivity index (χ1) is 12.4. The molecule has 2 aromatic rings. The molecule has 0 spiro atoms. The van der Waals surface area contributed by atoms with Crippen LogP contribution >= 0.6 is 24.0 Å². The fraction of sp³-hybridized carbons (Fsp3) is 0.450. The fourth-order valence-electron chi connectivity index (χ4n) is 2.92. The summed E-state index contributed by atoms with van der Waals surface area (Å²) in [5.41, 5.74) is 1.20. The van der Waals surface area contributed by atoms with E-state index in [1.165, 1.54) is 5.56 Å². The summed E-state index contributed by atoms with van der Waals surface area (Å²) >= 11 is 0. The summed E-state index contributed by atoms with van der Waals surface area (Å²) in [5, 5.41) is 7.01. The Hall–Kier alpha value is -1.70. The van der Waals surface area contributed by atoms with Crippen molar-refractivity contribution in [1.29, 1.82) is 0 Å². The Bertz CT molecular complexity index is 673. The molecule has 1 unspecified atom stereocenters. The van der Waals surface area contributed by atoms with Crippen LogP contribution in [0.4, 0.5) is 0 Å². The predicted octanol–water partition coefficient (Wildman–Crippen LogP) is 4.30. The van der Waals surface area contributed by atoms with Crippen LogP contribution in [0.25, 0.3) is 0 Å². The van der Waals surface area contributed by atoms with Crippen molar-refractivity contribution in [3.8, 4) is 5.75 Å². The van der Waals surface area contributed by atoms with E-state index in [-0.39, 0.29) is 30.0 Å². The number of hydrogen-bond acceptors (Lipinski definition) is 3. The second kappa shape index (κ2) is 11.1. The van der Waals surface area contributed by atoms with Crippen LogP contribution in [0.2, 0.25) is 0 Å². The van der Waals surface area contributed by atoms with Crippen molar-refractivity contribution in [3.05, 3.63) is 54.0 Å². The zero-order valence-electron chi connectivity index (χ0n) is 15.2. The first-order valence-electron chi connectivity index (χ1n) is 9.15. The summed E-state index contributed by atoms with van der Waals surface area (Å²) in [5.74, 6) is 2.81.